The van der Waals surface area contributed by atoms with Gasteiger partial charge in [0.2, 0.25) is 5.88 Å². The number of nitrogens with one attached hydrogen (secondary N) is 2. The lowest BCUT2D eigenvalue weighted by Crippen LogP contribution is -2.34. The summed E-state index contributed by atoms with van der Waals surface area (Å²) in [6.45, 7) is 4.58. The molecule has 0 atom stereocenters. The molecule has 0 aliphatic rings. The number of methoxy groups -OCH3 is 2. The number of rotatable bonds is 8. The molecular formula is C19H25N3O4. The number of hydrogen-bond acceptors (Lipinski definition) is 5. The van der Waals surface area contributed by atoms with Crippen molar-refractivity contribution in [2.24, 2.45) is 0 Å². The molecule has 0 aliphatic carbocycles. The number of amides is 2. The summed E-state index contributed by atoms with van der Waals surface area (Å²) in [4.78, 5) is 16.2. The molecule has 0 bridgehead atoms. The van der Waals surface area contributed by atoms with E-state index in [1.54, 1.807) is 26.5 Å². The molecule has 7 nitrogen and oxygen atoms in total. The highest BCUT2D eigenvalue weighted by molar-refractivity contribution is 5.74. The van der Waals surface area contributed by atoms with E-state index in [-0.39, 0.29) is 12.1 Å². The largest absolute Gasteiger partial charge is 0.493 e. The highest BCUT2D eigenvalue weighted by Crippen LogP contribution is 2.30. The smallest absolute Gasteiger partial charge is 0.315 e. The Labute approximate surface area is 153 Å². The van der Waals surface area contributed by atoms with Crippen molar-refractivity contribution in [3.8, 4) is 17.4 Å². The van der Waals surface area contributed by atoms with E-state index in [1.807, 2.05) is 38.1 Å². The Bertz CT molecular complexity index is 717. The van der Waals surface area contributed by atoms with Gasteiger partial charge in [-0.2, -0.15) is 0 Å². The Kier molecular flexibility index (Phi) is 7.08. The summed E-state index contributed by atoms with van der Waals surface area (Å²) in [5, 5.41) is 5.59. The summed E-state index contributed by atoms with van der Waals surface area (Å²) >= 11 is 0. The van der Waals surface area contributed by atoms with Crippen molar-refractivity contribution in [3.05, 3.63) is 47.7 Å². The first kappa shape index (κ1) is 19.4. The predicted molar refractivity (Wildman–Crippen MR) is 98.6 cm³/mol. The summed E-state index contributed by atoms with van der Waals surface area (Å²) in [5.41, 5.74) is 1.72. The Morgan fingerprint density at radius 1 is 1.08 bits per heavy atom. The molecule has 0 spiro atoms. The van der Waals surface area contributed by atoms with Gasteiger partial charge in [0.05, 0.1) is 20.3 Å². The fourth-order valence-electron chi connectivity index (χ4n) is 2.34. The average molecular weight is 359 g/mol. The zero-order chi connectivity index (χ0) is 18.9. The van der Waals surface area contributed by atoms with Crippen LogP contribution in [0.1, 0.15) is 25.0 Å². The van der Waals surface area contributed by atoms with Crippen LogP contribution in [-0.4, -0.2) is 31.3 Å². The van der Waals surface area contributed by atoms with Crippen molar-refractivity contribution < 1.29 is 19.0 Å². The molecule has 1 heterocycles. The average Bonchev–Trinajstić information content (AvgIpc) is 2.64. The molecule has 26 heavy (non-hydrogen) atoms. The monoisotopic (exact) mass is 359 g/mol. The first-order valence-electron chi connectivity index (χ1n) is 8.36. The van der Waals surface area contributed by atoms with Gasteiger partial charge in [-0.1, -0.05) is 18.2 Å². The fraction of sp³-hybridized carbons (Fsp3) is 0.368. The molecular weight excluding hydrogens is 334 g/mol. The molecule has 0 radical (unpaired) electrons. The van der Waals surface area contributed by atoms with Gasteiger partial charge in [0.1, 0.15) is 0 Å². The number of urea groups is 1. The van der Waals surface area contributed by atoms with Gasteiger partial charge in [-0.15, -0.1) is 0 Å². The molecule has 1 aromatic carbocycles. The molecule has 140 valence electrons. The Balaban J connectivity index is 1.84. The van der Waals surface area contributed by atoms with E-state index in [0.29, 0.717) is 30.5 Å². The highest BCUT2D eigenvalue weighted by Gasteiger charge is 2.10. The van der Waals surface area contributed by atoms with Crippen molar-refractivity contribution in [2.45, 2.75) is 33.0 Å². The quantitative estimate of drug-likeness (QED) is 0.757. The van der Waals surface area contributed by atoms with Crippen LogP contribution in [0.5, 0.6) is 17.4 Å². The third-order valence-electron chi connectivity index (χ3n) is 3.53. The van der Waals surface area contributed by atoms with E-state index >= 15 is 0 Å². The van der Waals surface area contributed by atoms with Crippen LogP contribution < -0.4 is 24.8 Å². The number of aromatic nitrogens is 1. The van der Waals surface area contributed by atoms with E-state index in [2.05, 4.69) is 15.6 Å². The Morgan fingerprint density at radius 3 is 2.46 bits per heavy atom. The van der Waals surface area contributed by atoms with Gasteiger partial charge in [-0.25, -0.2) is 9.78 Å². The number of ether oxygens (including phenoxy) is 3. The maximum Gasteiger partial charge on any atom is 0.315 e. The van der Waals surface area contributed by atoms with Crippen molar-refractivity contribution >= 4 is 6.03 Å². The van der Waals surface area contributed by atoms with Crippen LogP contribution in [0.25, 0.3) is 0 Å². The topological polar surface area (TPSA) is 81.7 Å². The van der Waals surface area contributed by atoms with Crippen LogP contribution in [-0.2, 0) is 13.1 Å². The van der Waals surface area contributed by atoms with Crippen molar-refractivity contribution in [1.82, 2.24) is 15.6 Å². The van der Waals surface area contributed by atoms with Crippen LogP contribution in [0.4, 0.5) is 4.79 Å². The number of benzene rings is 1. The third kappa shape index (κ3) is 5.54. The maximum absolute atomic E-state index is 12.0. The van der Waals surface area contributed by atoms with Crippen molar-refractivity contribution in [3.63, 3.8) is 0 Å². The summed E-state index contributed by atoms with van der Waals surface area (Å²) in [6.07, 6.45) is 1.76. The lowest BCUT2D eigenvalue weighted by atomic mass is 10.2. The van der Waals surface area contributed by atoms with Gasteiger partial charge in [-0.05, 0) is 25.5 Å². The lowest BCUT2D eigenvalue weighted by molar-refractivity contribution is 0.232. The molecule has 0 fully saturated rings. The molecule has 1 aromatic heterocycles. The molecule has 0 saturated heterocycles. The zero-order valence-electron chi connectivity index (χ0n) is 15.5. The molecule has 2 aromatic rings. The summed E-state index contributed by atoms with van der Waals surface area (Å²) in [6, 6.07) is 8.91. The molecule has 2 N–H and O–H groups in total. The van der Waals surface area contributed by atoms with E-state index < -0.39 is 0 Å². The number of pyridine rings is 1. The second-order valence-corrected chi connectivity index (χ2v) is 5.86. The molecule has 2 rings (SSSR count). The van der Waals surface area contributed by atoms with Gasteiger partial charge in [0, 0.05) is 30.9 Å². The number of carbonyl (C=O) groups is 1. The van der Waals surface area contributed by atoms with Gasteiger partial charge < -0.3 is 24.8 Å². The minimum absolute atomic E-state index is 0.0749. The number of nitrogens with zero attached hydrogens (tertiary/aromatic N) is 1. The molecule has 0 unspecified atom stereocenters. The Morgan fingerprint density at radius 2 is 1.85 bits per heavy atom. The van der Waals surface area contributed by atoms with Crippen LogP contribution in [0.15, 0.2) is 36.5 Å². The van der Waals surface area contributed by atoms with Gasteiger partial charge in [0.15, 0.2) is 11.5 Å². The normalized spacial score (nSPS) is 10.3. The number of para-hydroxylation sites is 1. The van der Waals surface area contributed by atoms with E-state index in [9.17, 15) is 4.79 Å². The molecule has 7 heteroatoms. The van der Waals surface area contributed by atoms with Gasteiger partial charge >= 0.3 is 6.03 Å². The third-order valence-corrected chi connectivity index (χ3v) is 3.53. The fourth-order valence-corrected chi connectivity index (χ4v) is 2.34. The van der Waals surface area contributed by atoms with Crippen LogP contribution in [0, 0.1) is 0 Å². The number of carbonyl (C=O) groups excluding carboxylic acids is 1. The van der Waals surface area contributed by atoms with Gasteiger partial charge in [0.25, 0.3) is 0 Å². The van der Waals surface area contributed by atoms with Crippen LogP contribution in [0.3, 0.4) is 0 Å². The standard InChI is InChI=1S/C19H25N3O4/c1-13(2)26-17-9-8-14(10-20-17)11-21-19(23)22-12-15-6-5-7-16(24-3)18(15)25-4/h5-10,13H,11-12H2,1-4H3,(H2,21,22,23). The summed E-state index contributed by atoms with van der Waals surface area (Å²) < 4.78 is 16.1. The SMILES string of the molecule is COc1cccc(CNC(=O)NCc2ccc(OC(C)C)nc2)c1OC. The first-order chi connectivity index (χ1) is 12.5. The van der Waals surface area contributed by atoms with Crippen LogP contribution >= 0.6 is 0 Å². The second kappa shape index (κ2) is 9.50. The van der Waals surface area contributed by atoms with E-state index in [1.165, 1.54) is 0 Å². The Hall–Kier alpha value is -2.96. The highest BCUT2D eigenvalue weighted by atomic mass is 16.5. The molecule has 0 saturated carbocycles. The number of hydrogen-bond donors (Lipinski definition) is 2. The summed E-state index contributed by atoms with van der Waals surface area (Å²) in [7, 11) is 3.15. The van der Waals surface area contributed by atoms with Crippen LogP contribution in [0.2, 0.25) is 0 Å². The molecule has 0 aliphatic heterocycles. The minimum Gasteiger partial charge on any atom is -0.493 e. The lowest BCUT2D eigenvalue weighted by Gasteiger charge is -2.13. The predicted octanol–water partition coefficient (Wildman–Crippen LogP) is 2.89. The first-order valence-corrected chi connectivity index (χ1v) is 8.36. The van der Waals surface area contributed by atoms with Crippen molar-refractivity contribution in [2.75, 3.05) is 14.2 Å². The second-order valence-electron chi connectivity index (χ2n) is 5.86. The molecule has 2 amide bonds. The maximum atomic E-state index is 12.0. The van der Waals surface area contributed by atoms with Crippen molar-refractivity contribution in [1.29, 1.82) is 0 Å². The zero-order valence-corrected chi connectivity index (χ0v) is 15.5. The van der Waals surface area contributed by atoms with E-state index in [0.717, 1.165) is 11.1 Å². The minimum atomic E-state index is -0.280. The van der Waals surface area contributed by atoms with E-state index in [4.69, 9.17) is 14.2 Å². The summed E-state index contributed by atoms with van der Waals surface area (Å²) in [5.74, 6) is 1.81. The van der Waals surface area contributed by atoms with Gasteiger partial charge in [-0.3, -0.25) is 0 Å².